The smallest absolute Gasteiger partial charge is 0.159 e. The van der Waals surface area contributed by atoms with Crippen LogP contribution in [-0.4, -0.2) is 5.78 Å². The van der Waals surface area contributed by atoms with Gasteiger partial charge in [0.05, 0.1) is 0 Å². The Balaban J connectivity index is 1.69. The number of hydrogen-bond donors (Lipinski definition) is 0. The maximum absolute atomic E-state index is 12.3. The molecular weight excluding hydrogens is 220 g/mol. The highest BCUT2D eigenvalue weighted by atomic mass is 16.1. The second-order valence-electron chi connectivity index (χ2n) is 7.08. The van der Waals surface area contributed by atoms with Crippen molar-refractivity contribution in [3.8, 4) is 0 Å². The molecule has 0 saturated heterocycles. The molecule has 1 heteroatoms. The topological polar surface area (TPSA) is 17.1 Å². The van der Waals surface area contributed by atoms with Gasteiger partial charge in [-0.1, -0.05) is 24.8 Å². The Morgan fingerprint density at radius 1 is 0.778 bits per heavy atom. The molecule has 5 unspecified atom stereocenters. The third kappa shape index (κ3) is 1.55. The van der Waals surface area contributed by atoms with E-state index in [-0.39, 0.29) is 0 Å². The maximum atomic E-state index is 12.3. The van der Waals surface area contributed by atoms with E-state index in [1.165, 1.54) is 57.8 Å². The van der Waals surface area contributed by atoms with E-state index in [4.69, 9.17) is 0 Å². The molecule has 4 aliphatic carbocycles. The first kappa shape index (κ1) is 11.3. The van der Waals surface area contributed by atoms with Crippen LogP contribution in [0.4, 0.5) is 0 Å². The molecule has 4 aliphatic rings. The number of ketones is 1. The standard InChI is InChI=1S/C17H24O/c18-17-10-16-12-5-2-1-4-11(12)8-9-14(16)13-6-3-7-15(13)17/h10-15H,1-9H2. The zero-order chi connectivity index (χ0) is 12.1. The van der Waals surface area contributed by atoms with Crippen LogP contribution in [0.3, 0.4) is 0 Å². The third-order valence-corrected chi connectivity index (χ3v) is 6.37. The Kier molecular flexibility index (Phi) is 2.63. The van der Waals surface area contributed by atoms with Crippen molar-refractivity contribution >= 4 is 5.78 Å². The number of carbonyl (C=O) groups excluding carboxylic acids is 1. The quantitative estimate of drug-likeness (QED) is 0.626. The summed E-state index contributed by atoms with van der Waals surface area (Å²) in [4.78, 5) is 12.3. The molecule has 3 saturated carbocycles. The summed E-state index contributed by atoms with van der Waals surface area (Å²) in [7, 11) is 0. The van der Waals surface area contributed by atoms with Crippen LogP contribution in [0.2, 0.25) is 0 Å². The van der Waals surface area contributed by atoms with Gasteiger partial charge in [-0.2, -0.15) is 0 Å². The van der Waals surface area contributed by atoms with Gasteiger partial charge in [0.1, 0.15) is 0 Å². The lowest BCUT2D eigenvalue weighted by atomic mass is 9.58. The van der Waals surface area contributed by atoms with Crippen LogP contribution in [0.1, 0.15) is 57.8 Å². The molecule has 0 bridgehead atoms. The van der Waals surface area contributed by atoms with Gasteiger partial charge in [-0.3, -0.25) is 4.79 Å². The molecular formula is C17H24O. The zero-order valence-corrected chi connectivity index (χ0v) is 11.2. The normalized spacial score (nSPS) is 47.0. The molecule has 5 atom stereocenters. The van der Waals surface area contributed by atoms with Gasteiger partial charge in [-0.05, 0) is 68.3 Å². The Morgan fingerprint density at radius 2 is 1.61 bits per heavy atom. The molecule has 98 valence electrons. The molecule has 0 aromatic heterocycles. The highest BCUT2D eigenvalue weighted by molar-refractivity contribution is 5.94. The first-order valence-corrected chi connectivity index (χ1v) is 8.10. The summed E-state index contributed by atoms with van der Waals surface area (Å²) in [5.41, 5.74) is 1.61. The van der Waals surface area contributed by atoms with Crippen LogP contribution < -0.4 is 0 Å². The molecule has 0 amide bonds. The minimum Gasteiger partial charge on any atom is -0.295 e. The molecule has 0 spiro atoms. The molecule has 0 radical (unpaired) electrons. The lowest BCUT2D eigenvalue weighted by Crippen LogP contribution is -2.39. The van der Waals surface area contributed by atoms with E-state index in [1.54, 1.807) is 5.57 Å². The zero-order valence-electron chi connectivity index (χ0n) is 11.2. The largest absolute Gasteiger partial charge is 0.295 e. The molecule has 0 heterocycles. The van der Waals surface area contributed by atoms with Crippen LogP contribution in [-0.2, 0) is 4.79 Å². The summed E-state index contributed by atoms with van der Waals surface area (Å²) in [5.74, 6) is 4.17. The van der Waals surface area contributed by atoms with Crippen molar-refractivity contribution in [2.24, 2.45) is 29.6 Å². The minimum absolute atomic E-state index is 0.416. The van der Waals surface area contributed by atoms with Crippen LogP contribution >= 0.6 is 0 Å². The van der Waals surface area contributed by atoms with Gasteiger partial charge in [0.15, 0.2) is 5.78 Å². The van der Waals surface area contributed by atoms with E-state index >= 15 is 0 Å². The number of allylic oxidation sites excluding steroid dienone is 2. The highest BCUT2D eigenvalue weighted by Crippen LogP contribution is 2.54. The van der Waals surface area contributed by atoms with Crippen molar-refractivity contribution in [3.05, 3.63) is 11.6 Å². The Bertz CT molecular complexity index is 394. The average molecular weight is 244 g/mol. The third-order valence-electron chi connectivity index (χ3n) is 6.37. The van der Waals surface area contributed by atoms with Crippen molar-refractivity contribution in [2.75, 3.05) is 0 Å². The molecule has 4 rings (SSSR count). The average Bonchev–Trinajstić information content (AvgIpc) is 2.89. The SMILES string of the molecule is O=C1C=C2C3CCCCC3CCC2C2CCCC12. The van der Waals surface area contributed by atoms with Crippen molar-refractivity contribution < 1.29 is 4.79 Å². The molecule has 0 aromatic carbocycles. The first-order valence-electron chi connectivity index (χ1n) is 8.10. The van der Waals surface area contributed by atoms with Crippen molar-refractivity contribution in [2.45, 2.75) is 57.8 Å². The first-order chi connectivity index (χ1) is 8.84. The Hall–Kier alpha value is -0.590. The van der Waals surface area contributed by atoms with E-state index < -0.39 is 0 Å². The van der Waals surface area contributed by atoms with Crippen LogP contribution in [0, 0.1) is 29.6 Å². The van der Waals surface area contributed by atoms with Crippen molar-refractivity contribution in [3.63, 3.8) is 0 Å². The lowest BCUT2D eigenvalue weighted by molar-refractivity contribution is -0.120. The van der Waals surface area contributed by atoms with Gasteiger partial charge < -0.3 is 0 Å². The lowest BCUT2D eigenvalue weighted by Gasteiger charge is -2.46. The monoisotopic (exact) mass is 244 g/mol. The fraction of sp³-hybridized carbons (Fsp3) is 0.824. The molecule has 18 heavy (non-hydrogen) atoms. The van der Waals surface area contributed by atoms with Gasteiger partial charge in [-0.25, -0.2) is 0 Å². The fourth-order valence-electron chi connectivity index (χ4n) is 5.60. The molecule has 0 aliphatic heterocycles. The summed E-state index contributed by atoms with van der Waals surface area (Å²) in [5, 5.41) is 0. The van der Waals surface area contributed by atoms with Gasteiger partial charge in [-0.15, -0.1) is 0 Å². The van der Waals surface area contributed by atoms with Crippen LogP contribution in [0.5, 0.6) is 0 Å². The van der Waals surface area contributed by atoms with Gasteiger partial charge in [0.25, 0.3) is 0 Å². The van der Waals surface area contributed by atoms with E-state index in [9.17, 15) is 4.79 Å². The molecule has 3 fully saturated rings. The van der Waals surface area contributed by atoms with E-state index in [0.717, 1.165) is 23.7 Å². The second kappa shape index (κ2) is 4.21. The van der Waals surface area contributed by atoms with E-state index in [0.29, 0.717) is 11.7 Å². The predicted octanol–water partition coefficient (Wildman–Crippen LogP) is 4.13. The van der Waals surface area contributed by atoms with Crippen LogP contribution in [0.25, 0.3) is 0 Å². The molecule has 0 aromatic rings. The highest BCUT2D eigenvalue weighted by Gasteiger charge is 2.47. The molecule has 1 nitrogen and oxygen atoms in total. The predicted molar refractivity (Wildman–Crippen MR) is 72.1 cm³/mol. The van der Waals surface area contributed by atoms with Crippen LogP contribution in [0.15, 0.2) is 11.6 Å². The van der Waals surface area contributed by atoms with E-state index in [2.05, 4.69) is 6.08 Å². The number of hydrogen-bond acceptors (Lipinski definition) is 1. The Labute approximate surface area is 110 Å². The summed E-state index contributed by atoms with van der Waals surface area (Å²) < 4.78 is 0. The van der Waals surface area contributed by atoms with Gasteiger partial charge in [0.2, 0.25) is 0 Å². The maximum Gasteiger partial charge on any atom is 0.159 e. The minimum atomic E-state index is 0.416. The van der Waals surface area contributed by atoms with Crippen molar-refractivity contribution in [1.82, 2.24) is 0 Å². The summed E-state index contributed by atoms with van der Waals surface area (Å²) in [6.07, 6.45) is 14.4. The van der Waals surface area contributed by atoms with Crippen molar-refractivity contribution in [1.29, 1.82) is 0 Å². The Morgan fingerprint density at radius 3 is 2.56 bits per heavy atom. The number of carbonyl (C=O) groups is 1. The van der Waals surface area contributed by atoms with E-state index in [1.807, 2.05) is 0 Å². The second-order valence-corrected chi connectivity index (χ2v) is 7.08. The summed E-state index contributed by atoms with van der Waals surface area (Å²) in [6.45, 7) is 0. The summed E-state index contributed by atoms with van der Waals surface area (Å²) in [6, 6.07) is 0. The fourth-order valence-corrected chi connectivity index (χ4v) is 5.60. The molecule has 0 N–H and O–H groups in total. The van der Waals surface area contributed by atoms with Gasteiger partial charge >= 0.3 is 0 Å². The van der Waals surface area contributed by atoms with Gasteiger partial charge in [0, 0.05) is 5.92 Å². The number of fused-ring (bicyclic) bond motifs is 5. The summed E-state index contributed by atoms with van der Waals surface area (Å²) >= 11 is 0. The number of rotatable bonds is 0.